The molecule has 0 aliphatic heterocycles. The van der Waals surface area contributed by atoms with E-state index < -0.39 is 91.2 Å². The molecular formula is C33H77NO11Si10. The van der Waals surface area contributed by atoms with Crippen molar-refractivity contribution < 1.29 is 46.9 Å². The summed E-state index contributed by atoms with van der Waals surface area (Å²) in [6.45, 7) is 48.4. The molecule has 2 N–H and O–H groups in total. The van der Waals surface area contributed by atoms with Gasteiger partial charge in [0.25, 0.3) is 0 Å². The molecule has 1 aromatic carbocycles. The van der Waals surface area contributed by atoms with Crippen molar-refractivity contribution in [2.75, 3.05) is 5.32 Å². The highest BCUT2D eigenvalue weighted by molar-refractivity contribution is 6.95. The number of carboxylic acid groups (broad SMARTS) is 1. The molecule has 0 saturated carbocycles. The van der Waals surface area contributed by atoms with E-state index in [4.69, 9.17) is 37.0 Å². The van der Waals surface area contributed by atoms with Crippen LogP contribution in [0.25, 0.3) is 6.08 Å². The molecule has 22 heteroatoms. The summed E-state index contributed by atoms with van der Waals surface area (Å²) in [6.07, 6.45) is 1.64. The van der Waals surface area contributed by atoms with Gasteiger partial charge in [0, 0.05) is 31.2 Å². The Morgan fingerprint density at radius 1 is 0.564 bits per heavy atom. The standard InChI is InChI=1S/C33H77NO11Si10/c1-23-31-30(26-24-28-32(31)34-33(35)36)27-25-29-55(43-52(20,37-46(2,3)4)38-47(5,6)7,44-53(21,39-48(8,9)10)40-49(11,12)13)45-54(22,41-50(14,15)16)42-51(17,18)19/h23-24,26,28,34H,1,25,27,29H2,2-22H3,(H,35,36). The van der Waals surface area contributed by atoms with Crippen molar-refractivity contribution in [1.29, 1.82) is 0 Å². The van der Waals surface area contributed by atoms with Crippen LogP contribution in [0.4, 0.5) is 10.5 Å². The van der Waals surface area contributed by atoms with Gasteiger partial charge in [0.2, 0.25) is 0 Å². The van der Waals surface area contributed by atoms with E-state index in [0.29, 0.717) is 24.6 Å². The van der Waals surface area contributed by atoms with Gasteiger partial charge in [-0.1, -0.05) is 24.8 Å². The first-order chi connectivity index (χ1) is 24.2. The zero-order chi connectivity index (χ0) is 43.3. The van der Waals surface area contributed by atoms with Gasteiger partial charge in [0.15, 0.2) is 49.9 Å². The number of aryl methyl sites for hydroxylation is 1. The average Bonchev–Trinajstić information content (AvgIpc) is 2.80. The molecule has 0 atom stereocenters. The van der Waals surface area contributed by atoms with Crippen molar-refractivity contribution in [2.24, 2.45) is 0 Å². The van der Waals surface area contributed by atoms with Crippen molar-refractivity contribution in [3.63, 3.8) is 0 Å². The number of amides is 1. The fourth-order valence-electron chi connectivity index (χ4n) is 6.38. The molecule has 0 unspecified atom stereocenters. The van der Waals surface area contributed by atoms with E-state index >= 15 is 0 Å². The van der Waals surface area contributed by atoms with Gasteiger partial charge in [-0.25, -0.2) is 4.79 Å². The first-order valence-electron chi connectivity index (χ1n) is 19.3. The molecule has 0 aliphatic carbocycles. The molecule has 0 heterocycles. The quantitative estimate of drug-likeness (QED) is 0.0960. The van der Waals surface area contributed by atoms with E-state index in [9.17, 15) is 9.90 Å². The highest BCUT2D eigenvalue weighted by Crippen LogP contribution is 2.38. The maximum absolute atomic E-state index is 11.7. The van der Waals surface area contributed by atoms with Crippen LogP contribution in [0.15, 0.2) is 24.8 Å². The largest absolute Gasteiger partial charge is 0.478 e. The summed E-state index contributed by atoms with van der Waals surface area (Å²) >= 11 is 0. The number of carbonyl (C=O) groups is 1. The second kappa shape index (κ2) is 19.2. The lowest BCUT2D eigenvalue weighted by Gasteiger charge is -2.49. The monoisotopic (exact) mass is 943 g/mol. The molecule has 0 fully saturated rings. The van der Waals surface area contributed by atoms with Crippen molar-refractivity contribution >= 4 is 103 Å². The Labute approximate surface area is 345 Å². The maximum atomic E-state index is 11.7. The van der Waals surface area contributed by atoms with E-state index in [1.165, 1.54) is 0 Å². The van der Waals surface area contributed by atoms with Crippen LogP contribution in [0.3, 0.4) is 0 Å². The topological polar surface area (TPSA) is 132 Å². The van der Waals surface area contributed by atoms with Gasteiger partial charge in [0.1, 0.15) is 0 Å². The van der Waals surface area contributed by atoms with Crippen molar-refractivity contribution in [3.05, 3.63) is 35.9 Å². The molecule has 0 bridgehead atoms. The van der Waals surface area contributed by atoms with Crippen LogP contribution in [-0.4, -0.2) is 96.3 Å². The number of anilines is 1. The van der Waals surface area contributed by atoms with Gasteiger partial charge in [-0.3, -0.25) is 5.32 Å². The van der Waals surface area contributed by atoms with E-state index in [-0.39, 0.29) is 0 Å². The lowest BCUT2D eigenvalue weighted by atomic mass is 10.0. The normalized spacial score (nSPS) is 14.6. The number of benzene rings is 1. The van der Waals surface area contributed by atoms with Gasteiger partial charge in [-0.05, 0) is 142 Å². The second-order valence-corrected chi connectivity index (χ2v) is 60.0. The average molecular weight is 945 g/mol. The zero-order valence-corrected chi connectivity index (χ0v) is 48.2. The van der Waals surface area contributed by atoms with E-state index in [1.807, 2.05) is 31.8 Å². The highest BCUT2D eigenvalue weighted by atomic mass is 28.6. The predicted molar refractivity (Wildman–Crippen MR) is 252 cm³/mol. The van der Waals surface area contributed by atoms with Gasteiger partial charge >= 0.3 is 41.3 Å². The summed E-state index contributed by atoms with van der Waals surface area (Å²) in [4.78, 5) is 11.7. The van der Waals surface area contributed by atoms with Crippen LogP contribution >= 0.6 is 0 Å². The first-order valence-corrected chi connectivity index (χ1v) is 48.3. The molecule has 1 aromatic rings. The third kappa shape index (κ3) is 22.3. The molecule has 12 nitrogen and oxygen atoms in total. The Morgan fingerprint density at radius 2 is 0.873 bits per heavy atom. The van der Waals surface area contributed by atoms with Crippen LogP contribution in [0.1, 0.15) is 17.5 Å². The zero-order valence-electron chi connectivity index (χ0n) is 38.2. The van der Waals surface area contributed by atoms with Crippen LogP contribution < -0.4 is 5.32 Å². The highest BCUT2D eigenvalue weighted by Gasteiger charge is 2.63. The minimum Gasteiger partial charge on any atom is -0.465 e. The van der Waals surface area contributed by atoms with E-state index in [0.717, 1.165) is 11.1 Å². The molecule has 55 heavy (non-hydrogen) atoms. The lowest BCUT2D eigenvalue weighted by molar-refractivity contribution is 0.120. The molecular weight excluding hydrogens is 867 g/mol. The molecule has 0 spiro atoms. The van der Waals surface area contributed by atoms with Gasteiger partial charge in [-0.15, -0.1) is 0 Å². The first kappa shape index (κ1) is 53.1. The van der Waals surface area contributed by atoms with E-state index in [1.54, 1.807) is 12.1 Å². The molecule has 0 saturated heterocycles. The predicted octanol–water partition coefficient (Wildman–Crippen LogP) is 11.2. The molecule has 1 amide bonds. The van der Waals surface area contributed by atoms with Gasteiger partial charge < -0.3 is 42.1 Å². The smallest absolute Gasteiger partial charge is 0.465 e. The summed E-state index contributed by atoms with van der Waals surface area (Å²) in [7, 11) is -28.4. The van der Waals surface area contributed by atoms with Crippen LogP contribution in [0.5, 0.6) is 0 Å². The third-order valence-electron chi connectivity index (χ3n) is 6.54. The SMILES string of the molecule is C=Cc1c(CCC[Si](O[Si](C)(O[Si](C)(C)C)O[Si](C)(C)C)(O[Si](C)(O[Si](C)(C)C)O[Si](C)(C)C)O[Si](C)(O[Si](C)(C)C)O[Si](C)(C)C)cccc1NC(=O)O. The van der Waals surface area contributed by atoms with Crippen LogP contribution in [0, 0.1) is 0 Å². The third-order valence-corrected chi connectivity index (χ3v) is 39.3. The van der Waals surface area contributed by atoms with E-state index in [2.05, 4.69) is 130 Å². The number of hydrogen-bond acceptors (Lipinski definition) is 10. The Bertz CT molecular complexity index is 1270. The van der Waals surface area contributed by atoms with Crippen LogP contribution in [0.2, 0.25) is 144 Å². The van der Waals surface area contributed by atoms with Crippen LogP contribution in [-0.2, 0) is 43.5 Å². The molecule has 0 aliphatic rings. The molecule has 0 radical (unpaired) electrons. The van der Waals surface area contributed by atoms with Gasteiger partial charge in [0.05, 0.1) is 5.69 Å². The van der Waals surface area contributed by atoms with Crippen molar-refractivity contribution in [3.8, 4) is 0 Å². The molecule has 320 valence electrons. The second-order valence-electron chi connectivity index (χ2n) is 20.2. The number of nitrogens with one attached hydrogen (secondary N) is 1. The Kier molecular flexibility index (Phi) is 18.5. The summed E-state index contributed by atoms with van der Waals surface area (Å²) < 4.78 is 64.7. The van der Waals surface area contributed by atoms with Crippen molar-refractivity contribution in [1.82, 2.24) is 0 Å². The van der Waals surface area contributed by atoms with Crippen molar-refractivity contribution in [2.45, 2.75) is 156 Å². The fraction of sp³-hybridized carbons (Fsp3) is 0.727. The molecule has 1 rings (SSSR count). The Balaban J connectivity index is 4.33. The summed E-state index contributed by atoms with van der Waals surface area (Å²) in [5.74, 6) is 0. The Hall–Kier alpha value is 0.0388. The summed E-state index contributed by atoms with van der Waals surface area (Å²) in [5.41, 5.74) is 2.11. The lowest BCUT2D eigenvalue weighted by Crippen LogP contribution is -2.71. The maximum Gasteiger partial charge on any atom is 0.478 e. The summed E-state index contributed by atoms with van der Waals surface area (Å²) in [6, 6.07) is 5.90. The minimum absolute atomic E-state index is 0.340. The Morgan fingerprint density at radius 3 is 1.13 bits per heavy atom. The van der Waals surface area contributed by atoms with Gasteiger partial charge in [-0.2, -0.15) is 0 Å². The molecule has 0 aromatic heterocycles. The number of hydrogen-bond donors (Lipinski definition) is 2. The fourth-order valence-corrected chi connectivity index (χ4v) is 48.2. The minimum atomic E-state index is -4.09. The summed E-state index contributed by atoms with van der Waals surface area (Å²) in [5, 5.41) is 12.1. The number of rotatable bonds is 24.